The van der Waals surface area contributed by atoms with Crippen LogP contribution in [-0.2, 0) is 4.74 Å². The van der Waals surface area contributed by atoms with Crippen molar-refractivity contribution >= 4 is 11.6 Å². The summed E-state index contributed by atoms with van der Waals surface area (Å²) in [5.74, 6) is 0.838. The Morgan fingerprint density at radius 3 is 2.68 bits per heavy atom. The minimum absolute atomic E-state index is 0.169. The van der Waals surface area contributed by atoms with Crippen LogP contribution in [0.2, 0.25) is 5.02 Å². The summed E-state index contributed by atoms with van der Waals surface area (Å²) in [4.78, 5) is 2.18. The standard InChI is InChI=1S/C20H25ClN2O2/c1-23(2)12-6-11-22-14-19-24-18-10-9-16(21)13-17(18)20(25-19)15-7-4-3-5-8-15/h3-5,7-10,13,19-20,22H,6,11-12,14H2,1-2H3/t19-,20+/m0/s1. The van der Waals surface area contributed by atoms with E-state index in [1.807, 2.05) is 36.4 Å². The molecule has 0 spiro atoms. The number of nitrogens with zero attached hydrogens (tertiary/aromatic N) is 1. The summed E-state index contributed by atoms with van der Waals surface area (Å²) in [6.45, 7) is 2.65. The summed E-state index contributed by atoms with van der Waals surface area (Å²) < 4.78 is 12.2. The summed E-state index contributed by atoms with van der Waals surface area (Å²) in [6, 6.07) is 15.9. The summed E-state index contributed by atoms with van der Waals surface area (Å²) in [6.07, 6.45) is 0.601. The number of hydrogen-bond donors (Lipinski definition) is 1. The van der Waals surface area contributed by atoms with Gasteiger partial charge in [0.25, 0.3) is 0 Å². The van der Waals surface area contributed by atoms with Crippen LogP contribution in [0.15, 0.2) is 48.5 Å². The molecule has 0 amide bonds. The second-order valence-corrected chi connectivity index (χ2v) is 6.95. The van der Waals surface area contributed by atoms with E-state index >= 15 is 0 Å². The first-order chi connectivity index (χ1) is 12.1. The van der Waals surface area contributed by atoms with E-state index < -0.39 is 0 Å². The van der Waals surface area contributed by atoms with Crippen LogP contribution >= 0.6 is 11.6 Å². The molecule has 1 aliphatic rings. The van der Waals surface area contributed by atoms with Crippen molar-refractivity contribution in [3.05, 3.63) is 64.7 Å². The minimum atomic E-state index is -0.321. The van der Waals surface area contributed by atoms with Crippen LogP contribution in [0.3, 0.4) is 0 Å². The van der Waals surface area contributed by atoms with Crippen LogP contribution in [0, 0.1) is 0 Å². The van der Waals surface area contributed by atoms with Crippen molar-refractivity contribution in [3.8, 4) is 5.75 Å². The van der Waals surface area contributed by atoms with Crippen molar-refractivity contribution < 1.29 is 9.47 Å². The van der Waals surface area contributed by atoms with Gasteiger partial charge in [0.1, 0.15) is 11.9 Å². The van der Waals surface area contributed by atoms with Gasteiger partial charge in [-0.3, -0.25) is 0 Å². The third kappa shape index (κ3) is 4.95. The fourth-order valence-electron chi connectivity index (χ4n) is 2.94. The Bertz CT molecular complexity index is 679. The van der Waals surface area contributed by atoms with E-state index in [1.54, 1.807) is 0 Å². The zero-order valence-corrected chi connectivity index (χ0v) is 15.5. The molecule has 0 fully saturated rings. The molecule has 134 valence electrons. The fourth-order valence-corrected chi connectivity index (χ4v) is 3.12. The summed E-state index contributed by atoms with van der Waals surface area (Å²) in [7, 11) is 4.17. The summed E-state index contributed by atoms with van der Waals surface area (Å²) >= 11 is 6.18. The SMILES string of the molecule is CN(C)CCCNC[C@H]1Oc2ccc(Cl)cc2[C@@H](c2ccccc2)O1. The number of halogens is 1. The highest BCUT2D eigenvalue weighted by Gasteiger charge is 2.30. The molecule has 1 aliphatic heterocycles. The predicted molar refractivity (Wildman–Crippen MR) is 101 cm³/mol. The van der Waals surface area contributed by atoms with Crippen molar-refractivity contribution in [1.82, 2.24) is 10.2 Å². The maximum atomic E-state index is 6.23. The first-order valence-electron chi connectivity index (χ1n) is 8.65. The van der Waals surface area contributed by atoms with E-state index in [2.05, 4.69) is 36.4 Å². The lowest BCUT2D eigenvalue weighted by molar-refractivity contribution is -0.124. The highest BCUT2D eigenvalue weighted by molar-refractivity contribution is 6.30. The number of fused-ring (bicyclic) bond motifs is 1. The maximum Gasteiger partial charge on any atom is 0.213 e. The average Bonchev–Trinajstić information content (AvgIpc) is 2.61. The third-order valence-electron chi connectivity index (χ3n) is 4.17. The van der Waals surface area contributed by atoms with Gasteiger partial charge in [0.2, 0.25) is 6.29 Å². The molecule has 1 heterocycles. The molecule has 4 nitrogen and oxygen atoms in total. The van der Waals surface area contributed by atoms with Gasteiger partial charge in [0.05, 0.1) is 6.54 Å². The number of nitrogens with one attached hydrogen (secondary N) is 1. The molecule has 25 heavy (non-hydrogen) atoms. The van der Waals surface area contributed by atoms with E-state index in [1.165, 1.54) is 0 Å². The molecule has 0 aromatic heterocycles. The number of hydrogen-bond acceptors (Lipinski definition) is 4. The molecule has 0 radical (unpaired) electrons. The Labute approximate surface area is 154 Å². The molecule has 2 aromatic rings. The highest BCUT2D eigenvalue weighted by atomic mass is 35.5. The molecular weight excluding hydrogens is 336 g/mol. The Morgan fingerprint density at radius 1 is 1.12 bits per heavy atom. The Balaban J connectivity index is 1.69. The number of ether oxygens (including phenoxy) is 2. The topological polar surface area (TPSA) is 33.7 Å². The Morgan fingerprint density at radius 2 is 1.92 bits per heavy atom. The zero-order valence-electron chi connectivity index (χ0n) is 14.7. The largest absolute Gasteiger partial charge is 0.463 e. The summed E-state index contributed by atoms with van der Waals surface area (Å²) in [5.41, 5.74) is 2.08. The van der Waals surface area contributed by atoms with Crippen LogP contribution in [0.1, 0.15) is 23.7 Å². The maximum absolute atomic E-state index is 6.23. The monoisotopic (exact) mass is 360 g/mol. The Hall–Kier alpha value is -1.59. The molecule has 0 saturated carbocycles. The predicted octanol–water partition coefficient (Wildman–Crippen LogP) is 3.71. The van der Waals surface area contributed by atoms with E-state index in [9.17, 15) is 0 Å². The van der Waals surface area contributed by atoms with Crippen molar-refractivity contribution in [3.63, 3.8) is 0 Å². The van der Waals surface area contributed by atoms with Gasteiger partial charge in [-0.2, -0.15) is 0 Å². The summed E-state index contributed by atoms with van der Waals surface area (Å²) in [5, 5.41) is 4.11. The Kier molecular flexibility index (Phi) is 6.32. The number of rotatable bonds is 7. The highest BCUT2D eigenvalue weighted by Crippen LogP contribution is 2.39. The molecule has 0 aliphatic carbocycles. The van der Waals surface area contributed by atoms with Gasteiger partial charge in [-0.15, -0.1) is 0 Å². The second-order valence-electron chi connectivity index (χ2n) is 6.52. The van der Waals surface area contributed by atoms with Crippen LogP contribution in [0.25, 0.3) is 0 Å². The number of benzene rings is 2. The van der Waals surface area contributed by atoms with Gasteiger partial charge in [0, 0.05) is 10.6 Å². The van der Waals surface area contributed by atoms with Crippen LogP contribution in [-0.4, -0.2) is 44.9 Å². The van der Waals surface area contributed by atoms with Crippen molar-refractivity contribution in [2.24, 2.45) is 0 Å². The molecule has 0 unspecified atom stereocenters. The van der Waals surface area contributed by atoms with Gasteiger partial charge in [0.15, 0.2) is 0 Å². The van der Waals surface area contributed by atoms with Crippen LogP contribution < -0.4 is 10.1 Å². The lowest BCUT2D eigenvalue weighted by Gasteiger charge is -2.33. The molecule has 0 bridgehead atoms. The molecular formula is C20H25ClN2O2. The molecule has 0 saturated heterocycles. The van der Waals surface area contributed by atoms with Crippen molar-refractivity contribution in [2.75, 3.05) is 33.7 Å². The van der Waals surface area contributed by atoms with Gasteiger partial charge in [-0.25, -0.2) is 0 Å². The van der Waals surface area contributed by atoms with Gasteiger partial charge in [-0.05, 0) is 57.4 Å². The van der Waals surface area contributed by atoms with E-state index in [4.69, 9.17) is 21.1 Å². The third-order valence-corrected chi connectivity index (χ3v) is 4.41. The lowest BCUT2D eigenvalue weighted by Crippen LogP contribution is -2.38. The average molecular weight is 361 g/mol. The van der Waals surface area contributed by atoms with Crippen LogP contribution in [0.5, 0.6) is 5.75 Å². The normalized spacial score (nSPS) is 19.5. The second kappa shape index (κ2) is 8.68. The quantitative estimate of drug-likeness (QED) is 0.763. The van der Waals surface area contributed by atoms with Gasteiger partial charge < -0.3 is 19.7 Å². The molecule has 1 N–H and O–H groups in total. The lowest BCUT2D eigenvalue weighted by atomic mass is 9.99. The van der Waals surface area contributed by atoms with E-state index in [0.717, 1.165) is 36.4 Å². The molecule has 3 rings (SSSR count). The van der Waals surface area contributed by atoms with Gasteiger partial charge in [-0.1, -0.05) is 41.9 Å². The first-order valence-corrected chi connectivity index (χ1v) is 9.03. The zero-order chi connectivity index (χ0) is 17.6. The molecule has 2 aromatic carbocycles. The molecule has 2 atom stereocenters. The minimum Gasteiger partial charge on any atom is -0.463 e. The van der Waals surface area contributed by atoms with Gasteiger partial charge >= 0.3 is 0 Å². The van der Waals surface area contributed by atoms with E-state index in [-0.39, 0.29) is 12.4 Å². The van der Waals surface area contributed by atoms with Crippen molar-refractivity contribution in [2.45, 2.75) is 18.8 Å². The molecule has 5 heteroatoms. The van der Waals surface area contributed by atoms with Crippen LogP contribution in [0.4, 0.5) is 0 Å². The van der Waals surface area contributed by atoms with E-state index in [0.29, 0.717) is 11.6 Å². The van der Waals surface area contributed by atoms with Crippen molar-refractivity contribution in [1.29, 1.82) is 0 Å². The fraction of sp³-hybridized carbons (Fsp3) is 0.400. The first kappa shape index (κ1) is 18.2. The smallest absolute Gasteiger partial charge is 0.213 e.